The van der Waals surface area contributed by atoms with Crippen molar-refractivity contribution in [3.05, 3.63) is 68.3 Å². The van der Waals surface area contributed by atoms with Crippen LogP contribution in [0.5, 0.6) is 0 Å². The van der Waals surface area contributed by atoms with Gasteiger partial charge in [-0.25, -0.2) is 4.79 Å². The van der Waals surface area contributed by atoms with E-state index in [-0.39, 0.29) is 11.3 Å². The first-order valence-electron chi connectivity index (χ1n) is 6.24. The molecule has 22 heavy (non-hydrogen) atoms. The minimum absolute atomic E-state index is 0.0476. The molecular weight excluding hydrogens is 417 g/mol. The SMILES string of the molecule is O=C(/C=C/c1ccccc1Cl)Nc1ccc(I)cc1C(=O)O. The maximum absolute atomic E-state index is 11.9. The van der Waals surface area contributed by atoms with Crippen LogP contribution in [-0.2, 0) is 4.79 Å². The molecule has 0 atom stereocenters. The number of carboxylic acid groups (broad SMARTS) is 1. The van der Waals surface area contributed by atoms with Crippen LogP contribution in [0.2, 0.25) is 5.02 Å². The average molecular weight is 428 g/mol. The second kappa shape index (κ2) is 7.42. The number of benzene rings is 2. The minimum atomic E-state index is -1.09. The van der Waals surface area contributed by atoms with Crippen LogP contribution in [0.4, 0.5) is 5.69 Å². The van der Waals surface area contributed by atoms with Crippen molar-refractivity contribution in [1.29, 1.82) is 0 Å². The summed E-state index contributed by atoms with van der Waals surface area (Å²) >= 11 is 8.00. The summed E-state index contributed by atoms with van der Waals surface area (Å²) in [6.45, 7) is 0. The molecule has 0 aliphatic heterocycles. The van der Waals surface area contributed by atoms with Gasteiger partial charge < -0.3 is 10.4 Å². The summed E-state index contributed by atoms with van der Waals surface area (Å²) in [6.07, 6.45) is 2.88. The zero-order valence-electron chi connectivity index (χ0n) is 11.2. The maximum Gasteiger partial charge on any atom is 0.337 e. The van der Waals surface area contributed by atoms with Gasteiger partial charge in [0.05, 0.1) is 11.3 Å². The second-order valence-corrected chi connectivity index (χ2v) is 5.99. The van der Waals surface area contributed by atoms with Crippen molar-refractivity contribution in [2.24, 2.45) is 0 Å². The summed E-state index contributed by atoms with van der Waals surface area (Å²) in [4.78, 5) is 23.1. The van der Waals surface area contributed by atoms with Gasteiger partial charge in [-0.3, -0.25) is 4.79 Å². The van der Waals surface area contributed by atoms with Crippen LogP contribution in [0.25, 0.3) is 6.08 Å². The summed E-state index contributed by atoms with van der Waals surface area (Å²) in [5.74, 6) is -1.52. The number of hydrogen-bond donors (Lipinski definition) is 2. The van der Waals surface area contributed by atoms with Gasteiger partial charge in [-0.15, -0.1) is 0 Å². The van der Waals surface area contributed by atoms with Crippen LogP contribution in [0.1, 0.15) is 15.9 Å². The van der Waals surface area contributed by atoms with Crippen LogP contribution in [-0.4, -0.2) is 17.0 Å². The molecule has 0 aromatic heterocycles. The third-order valence-electron chi connectivity index (χ3n) is 2.79. The number of rotatable bonds is 4. The van der Waals surface area contributed by atoms with Crippen molar-refractivity contribution < 1.29 is 14.7 Å². The van der Waals surface area contributed by atoms with Gasteiger partial charge in [-0.05, 0) is 58.5 Å². The molecule has 0 aliphatic carbocycles. The van der Waals surface area contributed by atoms with E-state index in [1.807, 2.05) is 28.7 Å². The normalized spacial score (nSPS) is 10.6. The summed E-state index contributed by atoms with van der Waals surface area (Å²) in [7, 11) is 0. The van der Waals surface area contributed by atoms with Crippen molar-refractivity contribution in [1.82, 2.24) is 0 Å². The smallest absolute Gasteiger partial charge is 0.337 e. The highest BCUT2D eigenvalue weighted by Crippen LogP contribution is 2.20. The fourth-order valence-electron chi connectivity index (χ4n) is 1.75. The van der Waals surface area contributed by atoms with Crippen molar-refractivity contribution in [2.45, 2.75) is 0 Å². The molecule has 1 amide bonds. The highest BCUT2D eigenvalue weighted by Gasteiger charge is 2.11. The zero-order chi connectivity index (χ0) is 16.1. The van der Waals surface area contributed by atoms with Gasteiger partial charge in [0.2, 0.25) is 5.91 Å². The quantitative estimate of drug-likeness (QED) is 0.565. The number of nitrogens with one attached hydrogen (secondary N) is 1. The third-order valence-corrected chi connectivity index (χ3v) is 3.80. The second-order valence-electron chi connectivity index (χ2n) is 4.34. The van der Waals surface area contributed by atoms with E-state index in [1.54, 1.807) is 36.4 Å². The van der Waals surface area contributed by atoms with Gasteiger partial charge in [0.15, 0.2) is 0 Å². The Kier molecular flexibility index (Phi) is 5.57. The van der Waals surface area contributed by atoms with Crippen LogP contribution in [0.15, 0.2) is 48.5 Å². The molecule has 2 aromatic rings. The molecule has 0 fully saturated rings. The third kappa shape index (κ3) is 4.32. The van der Waals surface area contributed by atoms with Gasteiger partial charge in [0.1, 0.15) is 0 Å². The van der Waals surface area contributed by atoms with Crippen LogP contribution in [0, 0.1) is 3.57 Å². The van der Waals surface area contributed by atoms with E-state index >= 15 is 0 Å². The molecule has 2 N–H and O–H groups in total. The van der Waals surface area contributed by atoms with Crippen molar-refractivity contribution in [3.8, 4) is 0 Å². The Morgan fingerprint density at radius 1 is 1.18 bits per heavy atom. The van der Waals surface area contributed by atoms with E-state index in [0.29, 0.717) is 10.6 Å². The Balaban J connectivity index is 2.16. The summed E-state index contributed by atoms with van der Waals surface area (Å²) < 4.78 is 0.777. The number of carboxylic acids is 1. The number of anilines is 1. The van der Waals surface area contributed by atoms with Crippen molar-refractivity contribution >= 4 is 57.8 Å². The van der Waals surface area contributed by atoms with Gasteiger partial charge >= 0.3 is 5.97 Å². The van der Waals surface area contributed by atoms with Crippen molar-refractivity contribution in [3.63, 3.8) is 0 Å². The Morgan fingerprint density at radius 2 is 1.91 bits per heavy atom. The molecule has 6 heteroatoms. The molecule has 0 unspecified atom stereocenters. The Morgan fingerprint density at radius 3 is 2.59 bits per heavy atom. The first-order chi connectivity index (χ1) is 10.5. The van der Waals surface area contributed by atoms with Crippen LogP contribution < -0.4 is 5.32 Å². The van der Waals surface area contributed by atoms with Gasteiger partial charge in [0.25, 0.3) is 0 Å². The number of carbonyl (C=O) groups excluding carboxylic acids is 1. The molecule has 0 aliphatic rings. The molecule has 0 saturated heterocycles. The van der Waals surface area contributed by atoms with E-state index in [1.165, 1.54) is 12.1 Å². The molecule has 0 radical (unpaired) electrons. The Bertz CT molecular complexity index is 759. The highest BCUT2D eigenvalue weighted by atomic mass is 127. The number of aromatic carboxylic acids is 1. The molecular formula is C16H11ClINO3. The molecule has 0 spiro atoms. The van der Waals surface area contributed by atoms with E-state index < -0.39 is 11.9 Å². The predicted octanol–water partition coefficient (Wildman–Crippen LogP) is 4.29. The minimum Gasteiger partial charge on any atom is -0.478 e. The number of halogens is 2. The van der Waals surface area contributed by atoms with Gasteiger partial charge in [-0.2, -0.15) is 0 Å². The van der Waals surface area contributed by atoms with E-state index in [0.717, 1.165) is 3.57 Å². The van der Waals surface area contributed by atoms with E-state index in [9.17, 15) is 9.59 Å². The van der Waals surface area contributed by atoms with E-state index in [2.05, 4.69) is 5.32 Å². The van der Waals surface area contributed by atoms with Crippen LogP contribution >= 0.6 is 34.2 Å². The molecule has 0 saturated carbocycles. The standard InChI is InChI=1S/C16H11ClINO3/c17-13-4-2-1-3-10(13)5-8-15(20)19-14-7-6-11(18)9-12(14)16(21)22/h1-9H,(H,19,20)(H,21,22)/b8-5+. The average Bonchev–Trinajstić information content (AvgIpc) is 2.48. The van der Waals surface area contributed by atoms with Crippen molar-refractivity contribution in [2.75, 3.05) is 5.32 Å². The lowest BCUT2D eigenvalue weighted by molar-refractivity contribution is -0.111. The number of amides is 1. The molecule has 4 nitrogen and oxygen atoms in total. The summed E-state index contributed by atoms with van der Waals surface area (Å²) in [5.41, 5.74) is 1.01. The maximum atomic E-state index is 11.9. The fraction of sp³-hybridized carbons (Fsp3) is 0. The first kappa shape index (κ1) is 16.5. The molecule has 112 valence electrons. The largest absolute Gasteiger partial charge is 0.478 e. The van der Waals surface area contributed by atoms with Gasteiger partial charge in [-0.1, -0.05) is 29.8 Å². The number of hydrogen-bond acceptors (Lipinski definition) is 2. The Hall–Kier alpha value is -1.86. The summed E-state index contributed by atoms with van der Waals surface area (Å²) in [6, 6.07) is 11.9. The molecule has 0 bridgehead atoms. The van der Waals surface area contributed by atoms with E-state index in [4.69, 9.17) is 16.7 Å². The first-order valence-corrected chi connectivity index (χ1v) is 7.69. The fourth-order valence-corrected chi connectivity index (χ4v) is 2.44. The molecule has 2 aromatic carbocycles. The topological polar surface area (TPSA) is 66.4 Å². The predicted molar refractivity (Wildman–Crippen MR) is 95.2 cm³/mol. The molecule has 2 rings (SSSR count). The lowest BCUT2D eigenvalue weighted by Crippen LogP contribution is -2.12. The molecule has 0 heterocycles. The summed E-state index contributed by atoms with van der Waals surface area (Å²) in [5, 5.41) is 12.2. The van der Waals surface area contributed by atoms with Crippen LogP contribution in [0.3, 0.4) is 0 Å². The van der Waals surface area contributed by atoms with Gasteiger partial charge in [0, 0.05) is 14.7 Å². The number of carbonyl (C=O) groups is 2. The lowest BCUT2D eigenvalue weighted by atomic mass is 10.1. The highest BCUT2D eigenvalue weighted by molar-refractivity contribution is 14.1. The monoisotopic (exact) mass is 427 g/mol. The zero-order valence-corrected chi connectivity index (χ0v) is 14.1. The lowest BCUT2D eigenvalue weighted by Gasteiger charge is -2.07. The Labute approximate surface area is 145 Å².